The molecule has 0 fully saturated rings. The van der Waals surface area contributed by atoms with Gasteiger partial charge in [0.2, 0.25) is 0 Å². The van der Waals surface area contributed by atoms with Crippen molar-refractivity contribution in [2.45, 2.75) is 19.9 Å². The number of hydrogen-bond acceptors (Lipinski definition) is 4. The number of aromatic nitrogens is 4. The summed E-state index contributed by atoms with van der Waals surface area (Å²) in [6, 6.07) is 15.7. The molecule has 0 saturated carbocycles. The van der Waals surface area contributed by atoms with Crippen molar-refractivity contribution in [1.82, 2.24) is 19.6 Å². The molecule has 28 heavy (non-hydrogen) atoms. The first-order valence-corrected chi connectivity index (χ1v) is 9.34. The van der Waals surface area contributed by atoms with E-state index in [2.05, 4.69) is 10.2 Å². The van der Waals surface area contributed by atoms with E-state index in [0.717, 1.165) is 34.1 Å². The monoisotopic (exact) mass is 390 g/mol. The minimum atomic E-state index is -1.11. The van der Waals surface area contributed by atoms with Crippen molar-refractivity contribution >= 4 is 29.1 Å². The van der Waals surface area contributed by atoms with Gasteiger partial charge in [0.25, 0.3) is 0 Å². The van der Waals surface area contributed by atoms with Crippen molar-refractivity contribution in [2.75, 3.05) is 0 Å². The van der Waals surface area contributed by atoms with Crippen LogP contribution in [-0.4, -0.2) is 30.6 Å². The second kappa shape index (κ2) is 7.36. The summed E-state index contributed by atoms with van der Waals surface area (Å²) in [5, 5.41) is 18.9. The van der Waals surface area contributed by atoms with Gasteiger partial charge in [-0.1, -0.05) is 43.4 Å². The number of aryl methyl sites for hydroxylation is 1. The number of benzene rings is 2. The Morgan fingerprint density at radius 1 is 1.14 bits per heavy atom. The summed E-state index contributed by atoms with van der Waals surface area (Å²) in [4.78, 5) is 11.7. The van der Waals surface area contributed by atoms with E-state index in [1.54, 1.807) is 15.6 Å². The molecule has 0 atom stereocenters. The second-order valence-corrected chi connectivity index (χ2v) is 6.83. The molecule has 0 saturated heterocycles. The quantitative estimate of drug-likeness (QED) is 0.516. The fourth-order valence-corrected chi connectivity index (χ4v) is 3.67. The fraction of sp³-hybridized carbons (Fsp3) is 0.143. The van der Waals surface area contributed by atoms with Gasteiger partial charge in [-0.15, -0.1) is 0 Å². The van der Waals surface area contributed by atoms with Gasteiger partial charge in [0.1, 0.15) is 0 Å². The minimum absolute atomic E-state index is 0.0865. The topological polar surface area (TPSA) is 72.9 Å². The average Bonchev–Trinajstić information content (AvgIpc) is 3.24. The lowest BCUT2D eigenvalue weighted by atomic mass is 10.1. The van der Waals surface area contributed by atoms with Crippen LogP contribution in [0.15, 0.2) is 60.9 Å². The molecule has 140 valence electrons. The van der Waals surface area contributed by atoms with E-state index in [9.17, 15) is 9.90 Å². The van der Waals surface area contributed by atoms with Crippen LogP contribution in [0, 0.1) is 4.51 Å². The number of nitrogens with zero attached hydrogens (tertiary/aromatic N) is 4. The molecule has 2 heterocycles. The van der Waals surface area contributed by atoms with Crippen LogP contribution in [0.4, 0.5) is 0 Å². The third-order valence-electron chi connectivity index (χ3n) is 4.69. The van der Waals surface area contributed by atoms with Crippen molar-refractivity contribution in [3.63, 3.8) is 0 Å². The minimum Gasteiger partial charge on any atom is -0.476 e. The molecule has 0 unspecified atom stereocenters. The number of hydrogen-bond donors (Lipinski definition) is 1. The van der Waals surface area contributed by atoms with Crippen molar-refractivity contribution in [1.29, 1.82) is 0 Å². The Bertz CT molecular complexity index is 1210. The maximum absolute atomic E-state index is 11.7. The molecule has 0 bridgehead atoms. The lowest BCUT2D eigenvalue weighted by Crippen LogP contribution is -2.14. The number of rotatable bonds is 5. The molecule has 1 N–H and O–H groups in total. The summed E-state index contributed by atoms with van der Waals surface area (Å²) in [5.41, 5.74) is 3.74. The zero-order valence-electron chi connectivity index (χ0n) is 15.2. The van der Waals surface area contributed by atoms with Gasteiger partial charge in [-0.3, -0.25) is 4.68 Å². The molecule has 0 radical (unpaired) electrons. The van der Waals surface area contributed by atoms with Crippen LogP contribution in [0.3, 0.4) is 0 Å². The summed E-state index contributed by atoms with van der Waals surface area (Å²) in [7, 11) is 0. The largest absolute Gasteiger partial charge is 0.476 e. The Morgan fingerprint density at radius 2 is 1.93 bits per heavy atom. The van der Waals surface area contributed by atoms with Crippen molar-refractivity contribution in [3.05, 3.63) is 82.3 Å². The fourth-order valence-electron chi connectivity index (χ4n) is 3.31. The first kappa shape index (κ1) is 18.1. The maximum atomic E-state index is 11.7. The van der Waals surface area contributed by atoms with Gasteiger partial charge in [0.05, 0.1) is 22.3 Å². The summed E-state index contributed by atoms with van der Waals surface area (Å²) in [6.07, 6.45) is 4.38. The molecule has 0 amide bonds. The maximum Gasteiger partial charge on any atom is 0.357 e. The van der Waals surface area contributed by atoms with Crippen LogP contribution >= 0.6 is 12.2 Å². The van der Waals surface area contributed by atoms with E-state index in [1.807, 2.05) is 61.7 Å². The van der Waals surface area contributed by atoms with Crippen LogP contribution < -0.4 is 0 Å². The Balaban J connectivity index is 1.81. The summed E-state index contributed by atoms with van der Waals surface area (Å²) < 4.78 is 3.80. The molecule has 0 aliphatic rings. The van der Waals surface area contributed by atoms with E-state index in [4.69, 9.17) is 12.2 Å². The number of fused-ring (bicyclic) bond motifs is 1. The number of carboxylic acid groups (broad SMARTS) is 1. The molecule has 0 aliphatic heterocycles. The molecule has 6 nitrogen and oxygen atoms in total. The van der Waals surface area contributed by atoms with Gasteiger partial charge in [-0.05, 0) is 41.8 Å². The molecular weight excluding hydrogens is 372 g/mol. The van der Waals surface area contributed by atoms with E-state index in [0.29, 0.717) is 11.1 Å². The molecule has 2 aromatic heterocycles. The van der Waals surface area contributed by atoms with Crippen LogP contribution in [0.1, 0.15) is 28.5 Å². The lowest BCUT2D eigenvalue weighted by Gasteiger charge is -2.14. The molecule has 4 rings (SSSR count). The third kappa shape index (κ3) is 3.20. The standard InChI is InChI=1S/C21H18N4O2S/c1-2-15-5-3-6-17-18(15)20(28)19(21(26)27)23-25(17)13-14-7-9-16(10-8-14)24-12-4-11-22-24/h3-12H,2,13H2,1H3,(H,26,27). The van der Waals surface area contributed by atoms with Crippen LogP contribution in [0.5, 0.6) is 0 Å². The molecule has 7 heteroatoms. The Morgan fingerprint density at radius 3 is 2.57 bits per heavy atom. The smallest absolute Gasteiger partial charge is 0.357 e. The second-order valence-electron chi connectivity index (χ2n) is 6.42. The third-order valence-corrected chi connectivity index (χ3v) is 5.09. The van der Waals surface area contributed by atoms with E-state index in [-0.39, 0.29) is 5.69 Å². The average molecular weight is 390 g/mol. The number of carbonyl (C=O) groups is 1. The highest BCUT2D eigenvalue weighted by Gasteiger charge is 2.16. The van der Waals surface area contributed by atoms with Crippen molar-refractivity contribution in [2.24, 2.45) is 0 Å². The zero-order chi connectivity index (χ0) is 19.7. The highest BCUT2D eigenvalue weighted by molar-refractivity contribution is 7.71. The predicted molar refractivity (Wildman–Crippen MR) is 110 cm³/mol. The Hall–Kier alpha value is -3.32. The first-order chi connectivity index (χ1) is 13.6. The van der Waals surface area contributed by atoms with Gasteiger partial charge >= 0.3 is 5.97 Å². The highest BCUT2D eigenvalue weighted by atomic mass is 32.1. The van der Waals surface area contributed by atoms with Crippen molar-refractivity contribution in [3.8, 4) is 5.69 Å². The highest BCUT2D eigenvalue weighted by Crippen LogP contribution is 2.23. The summed E-state index contributed by atoms with van der Waals surface area (Å²) in [5.74, 6) is -1.11. The lowest BCUT2D eigenvalue weighted by molar-refractivity contribution is 0.0687. The van der Waals surface area contributed by atoms with Crippen molar-refractivity contribution < 1.29 is 9.90 Å². The SMILES string of the molecule is CCc1cccc2c1c(=S)c(C(=O)O)nn2Cc1ccc(-n2cccn2)cc1. The molecule has 0 spiro atoms. The molecule has 2 aromatic carbocycles. The van der Waals surface area contributed by atoms with Crippen LogP contribution in [0.25, 0.3) is 16.6 Å². The van der Waals surface area contributed by atoms with E-state index in [1.165, 1.54) is 0 Å². The van der Waals surface area contributed by atoms with Crippen LogP contribution in [-0.2, 0) is 13.0 Å². The van der Waals surface area contributed by atoms with Gasteiger partial charge in [0, 0.05) is 17.8 Å². The molecule has 4 aromatic rings. The molecular formula is C21H18N4O2S. The Labute approximate surface area is 166 Å². The van der Waals surface area contributed by atoms with Crippen LogP contribution in [0.2, 0.25) is 0 Å². The molecule has 0 aliphatic carbocycles. The van der Waals surface area contributed by atoms with Gasteiger partial charge in [0.15, 0.2) is 5.69 Å². The first-order valence-electron chi connectivity index (χ1n) is 8.93. The number of aromatic carboxylic acids is 1. The van der Waals surface area contributed by atoms with Gasteiger partial charge in [-0.25, -0.2) is 9.48 Å². The normalized spacial score (nSPS) is 11.0. The zero-order valence-corrected chi connectivity index (χ0v) is 16.1. The van der Waals surface area contributed by atoms with Gasteiger partial charge < -0.3 is 5.11 Å². The van der Waals surface area contributed by atoms with E-state index >= 15 is 0 Å². The summed E-state index contributed by atoms with van der Waals surface area (Å²) >= 11 is 5.44. The number of carboxylic acids is 1. The van der Waals surface area contributed by atoms with Gasteiger partial charge in [-0.2, -0.15) is 10.2 Å². The predicted octanol–water partition coefficient (Wildman–Crippen LogP) is 4.26. The summed E-state index contributed by atoms with van der Waals surface area (Å²) in [6.45, 7) is 2.47. The van der Waals surface area contributed by atoms with E-state index < -0.39 is 5.97 Å². The Kier molecular flexibility index (Phi) is 4.75.